The van der Waals surface area contributed by atoms with Gasteiger partial charge in [-0.3, -0.25) is 4.79 Å². The number of thiophene rings is 1. The smallest absolute Gasteiger partial charge is 0.205 e. The average Bonchev–Trinajstić information content (AvgIpc) is 3.35. The molecule has 0 spiro atoms. The molecule has 28 heavy (non-hydrogen) atoms. The third kappa shape index (κ3) is 2.79. The second-order valence-electron chi connectivity index (χ2n) is 6.96. The number of carbonyl (C=O) groups excluding carboxylic acids is 1. The highest BCUT2D eigenvalue weighted by molar-refractivity contribution is 9.10. The molecular formula is C22H17BrN2O2S. The van der Waals surface area contributed by atoms with E-state index in [-0.39, 0.29) is 5.78 Å². The molecule has 0 fully saturated rings. The number of aromatic nitrogens is 1. The van der Waals surface area contributed by atoms with Crippen LogP contribution in [0.5, 0.6) is 0 Å². The summed E-state index contributed by atoms with van der Waals surface area (Å²) in [6, 6.07) is 11.2. The molecule has 0 aliphatic heterocycles. The Morgan fingerprint density at radius 3 is 2.68 bits per heavy atom. The fraction of sp³-hybridized carbons (Fsp3) is 0.182. The number of pyridine rings is 1. The number of rotatable bonds is 3. The minimum atomic E-state index is -0.0728. The van der Waals surface area contributed by atoms with Crippen molar-refractivity contribution in [3.63, 3.8) is 0 Å². The number of anilines is 1. The van der Waals surface area contributed by atoms with Crippen LogP contribution in [-0.4, -0.2) is 10.8 Å². The van der Waals surface area contributed by atoms with E-state index in [1.165, 1.54) is 16.9 Å². The fourth-order valence-corrected chi connectivity index (χ4v) is 5.25. The second kappa shape index (κ2) is 6.87. The first-order valence-corrected chi connectivity index (χ1v) is 10.8. The van der Waals surface area contributed by atoms with Crippen molar-refractivity contribution in [2.24, 2.45) is 0 Å². The summed E-state index contributed by atoms with van der Waals surface area (Å²) in [7, 11) is 0. The predicted molar refractivity (Wildman–Crippen MR) is 116 cm³/mol. The van der Waals surface area contributed by atoms with Crippen LogP contribution in [0.15, 0.2) is 51.6 Å². The summed E-state index contributed by atoms with van der Waals surface area (Å²) < 4.78 is 6.68. The van der Waals surface area contributed by atoms with Crippen molar-refractivity contribution < 1.29 is 9.21 Å². The molecule has 3 aromatic heterocycles. The highest BCUT2D eigenvalue weighted by Gasteiger charge is 2.27. The van der Waals surface area contributed by atoms with Crippen LogP contribution in [0, 0.1) is 0 Å². The van der Waals surface area contributed by atoms with Gasteiger partial charge in [-0.2, -0.15) is 0 Å². The summed E-state index contributed by atoms with van der Waals surface area (Å²) in [4.78, 5) is 19.4. The molecule has 1 aliphatic carbocycles. The molecule has 0 unspecified atom stereocenters. The van der Waals surface area contributed by atoms with Crippen molar-refractivity contribution in [3.8, 4) is 11.3 Å². The van der Waals surface area contributed by atoms with E-state index in [2.05, 4.69) is 15.9 Å². The van der Waals surface area contributed by atoms with E-state index in [0.717, 1.165) is 57.4 Å². The Kier molecular flexibility index (Phi) is 4.33. The number of nitrogens with two attached hydrogens (primary N) is 1. The number of furan rings is 1. The number of aryl methyl sites for hydroxylation is 1. The van der Waals surface area contributed by atoms with Crippen molar-refractivity contribution in [1.29, 1.82) is 0 Å². The SMILES string of the molecule is Nc1c(C(=O)c2ccc(Br)cc2)sc2nc3c(c(-c4ccco4)c12)CCCC3. The van der Waals surface area contributed by atoms with Gasteiger partial charge in [-0.05, 0) is 67.6 Å². The highest BCUT2D eigenvalue weighted by atomic mass is 79.9. The first-order chi connectivity index (χ1) is 13.6. The third-order valence-corrected chi connectivity index (χ3v) is 6.86. The molecular weight excluding hydrogens is 436 g/mol. The van der Waals surface area contributed by atoms with Crippen LogP contribution in [0.1, 0.15) is 39.3 Å². The van der Waals surface area contributed by atoms with Gasteiger partial charge in [-0.15, -0.1) is 11.3 Å². The number of ketones is 1. The fourth-order valence-electron chi connectivity index (χ4n) is 3.90. The minimum Gasteiger partial charge on any atom is -0.464 e. The number of hydrogen-bond acceptors (Lipinski definition) is 5. The Morgan fingerprint density at radius 2 is 1.93 bits per heavy atom. The van der Waals surface area contributed by atoms with Crippen molar-refractivity contribution in [3.05, 3.63) is 68.8 Å². The molecule has 2 N–H and O–H groups in total. The lowest BCUT2D eigenvalue weighted by atomic mass is 9.89. The van der Waals surface area contributed by atoms with Gasteiger partial charge in [0.2, 0.25) is 5.78 Å². The Morgan fingerprint density at radius 1 is 1.14 bits per heavy atom. The van der Waals surface area contributed by atoms with Gasteiger partial charge < -0.3 is 10.2 Å². The molecule has 1 aliphatic rings. The molecule has 0 radical (unpaired) electrons. The largest absolute Gasteiger partial charge is 0.464 e. The van der Waals surface area contributed by atoms with Crippen molar-refractivity contribution >= 4 is 49.0 Å². The van der Waals surface area contributed by atoms with Crippen LogP contribution in [-0.2, 0) is 12.8 Å². The van der Waals surface area contributed by atoms with E-state index in [4.69, 9.17) is 15.1 Å². The average molecular weight is 453 g/mol. The second-order valence-corrected chi connectivity index (χ2v) is 8.87. The van der Waals surface area contributed by atoms with Gasteiger partial charge in [0.05, 0.1) is 12.0 Å². The number of benzene rings is 1. The van der Waals surface area contributed by atoms with E-state index >= 15 is 0 Å². The van der Waals surface area contributed by atoms with E-state index in [9.17, 15) is 4.79 Å². The quantitative estimate of drug-likeness (QED) is 0.386. The molecule has 0 saturated carbocycles. The number of nitrogens with zero attached hydrogens (tertiary/aromatic N) is 1. The maximum Gasteiger partial charge on any atom is 0.205 e. The number of nitrogen functional groups attached to an aromatic ring is 1. The molecule has 140 valence electrons. The topological polar surface area (TPSA) is 69.1 Å². The maximum absolute atomic E-state index is 13.1. The lowest BCUT2D eigenvalue weighted by Crippen LogP contribution is -2.07. The molecule has 0 amide bonds. The first kappa shape index (κ1) is 17.6. The minimum absolute atomic E-state index is 0.0728. The monoisotopic (exact) mass is 452 g/mol. The van der Waals surface area contributed by atoms with Gasteiger partial charge in [-0.25, -0.2) is 4.98 Å². The van der Waals surface area contributed by atoms with Crippen LogP contribution in [0.3, 0.4) is 0 Å². The predicted octanol–water partition coefficient (Wildman–Crippen LogP) is 6.01. The van der Waals surface area contributed by atoms with Crippen LogP contribution in [0.25, 0.3) is 21.5 Å². The normalized spacial score (nSPS) is 13.6. The van der Waals surface area contributed by atoms with Crippen LogP contribution < -0.4 is 5.73 Å². The van der Waals surface area contributed by atoms with Gasteiger partial charge >= 0.3 is 0 Å². The van der Waals surface area contributed by atoms with E-state index < -0.39 is 0 Å². The number of fused-ring (bicyclic) bond motifs is 2. The van der Waals surface area contributed by atoms with Gasteiger partial charge in [0.15, 0.2) is 0 Å². The molecule has 0 saturated heterocycles. The van der Waals surface area contributed by atoms with E-state index in [1.807, 2.05) is 36.4 Å². The molecule has 5 rings (SSSR count). The summed E-state index contributed by atoms with van der Waals surface area (Å²) in [6.07, 6.45) is 5.84. The van der Waals surface area contributed by atoms with Gasteiger partial charge in [-0.1, -0.05) is 15.9 Å². The zero-order chi connectivity index (χ0) is 19.3. The Hall–Kier alpha value is -2.44. The maximum atomic E-state index is 13.1. The third-order valence-electron chi connectivity index (χ3n) is 5.23. The summed E-state index contributed by atoms with van der Waals surface area (Å²) in [6.45, 7) is 0. The Labute approximate surface area is 174 Å². The standard InChI is InChI=1S/C22H17BrN2O2S/c23-13-9-7-12(8-10-13)20(26)21-19(24)18-17(16-6-3-11-27-16)14-4-1-2-5-15(14)25-22(18)28-21/h3,6-11H,1-2,4-5,24H2. The van der Waals surface area contributed by atoms with Gasteiger partial charge in [0, 0.05) is 26.7 Å². The van der Waals surface area contributed by atoms with Crippen molar-refractivity contribution in [1.82, 2.24) is 4.98 Å². The first-order valence-electron chi connectivity index (χ1n) is 9.21. The molecule has 4 aromatic rings. The van der Waals surface area contributed by atoms with Crippen LogP contribution >= 0.6 is 27.3 Å². The van der Waals surface area contributed by atoms with Gasteiger partial charge in [0.25, 0.3) is 0 Å². The molecule has 4 nitrogen and oxygen atoms in total. The van der Waals surface area contributed by atoms with Crippen LogP contribution in [0.4, 0.5) is 5.69 Å². The molecule has 0 atom stereocenters. The number of carbonyl (C=O) groups is 1. The summed E-state index contributed by atoms with van der Waals surface area (Å²) >= 11 is 4.79. The lowest BCUT2D eigenvalue weighted by molar-refractivity contribution is 0.104. The van der Waals surface area contributed by atoms with E-state index in [0.29, 0.717) is 16.1 Å². The Bertz CT molecular complexity index is 1190. The summed E-state index contributed by atoms with van der Waals surface area (Å²) in [5, 5.41) is 0.848. The van der Waals surface area contributed by atoms with Crippen molar-refractivity contribution in [2.75, 3.05) is 5.73 Å². The Balaban J connectivity index is 1.76. The molecule has 0 bridgehead atoms. The molecule has 6 heteroatoms. The zero-order valence-electron chi connectivity index (χ0n) is 15.0. The van der Waals surface area contributed by atoms with Gasteiger partial charge in [0.1, 0.15) is 15.5 Å². The number of hydrogen-bond donors (Lipinski definition) is 1. The zero-order valence-corrected chi connectivity index (χ0v) is 17.4. The molecule has 3 heterocycles. The highest BCUT2D eigenvalue weighted by Crippen LogP contribution is 2.44. The van der Waals surface area contributed by atoms with Crippen LogP contribution in [0.2, 0.25) is 0 Å². The number of halogens is 1. The lowest BCUT2D eigenvalue weighted by Gasteiger charge is -2.18. The van der Waals surface area contributed by atoms with E-state index in [1.54, 1.807) is 6.26 Å². The summed E-state index contributed by atoms with van der Waals surface area (Å²) in [5.74, 6) is 0.717. The summed E-state index contributed by atoms with van der Waals surface area (Å²) in [5.41, 5.74) is 11.0. The van der Waals surface area contributed by atoms with Crippen molar-refractivity contribution in [2.45, 2.75) is 25.7 Å². The molecule has 1 aromatic carbocycles.